The molecule has 21 heavy (non-hydrogen) atoms. The van der Waals surface area contributed by atoms with Gasteiger partial charge in [-0.25, -0.2) is 9.97 Å². The molecule has 0 aromatic carbocycles. The molecule has 0 amide bonds. The Kier molecular flexibility index (Phi) is 3.25. The minimum atomic E-state index is 0.599. The summed E-state index contributed by atoms with van der Waals surface area (Å²) in [6.07, 6.45) is 10.3. The lowest BCUT2D eigenvalue weighted by molar-refractivity contribution is 0.500. The Hall–Kier alpha value is -2.04. The third-order valence-corrected chi connectivity index (χ3v) is 4.57. The lowest BCUT2D eigenvalue weighted by Gasteiger charge is -2.32. The van der Waals surface area contributed by atoms with E-state index in [1.807, 2.05) is 6.20 Å². The predicted octanol–water partition coefficient (Wildman–Crippen LogP) is 2.53. The maximum Gasteiger partial charge on any atom is 0.132 e. The summed E-state index contributed by atoms with van der Waals surface area (Å²) in [7, 11) is 0. The first-order chi connectivity index (χ1) is 10.4. The second kappa shape index (κ2) is 5.39. The quantitative estimate of drug-likeness (QED) is 0.865. The highest BCUT2D eigenvalue weighted by atomic mass is 15.2. The van der Waals surface area contributed by atoms with Crippen LogP contribution in [0.3, 0.4) is 0 Å². The average Bonchev–Trinajstić information content (AvgIpc) is 3.41. The largest absolute Gasteiger partial charge is 0.356 e. The molecule has 1 saturated heterocycles. The smallest absolute Gasteiger partial charge is 0.132 e. The lowest BCUT2D eigenvalue weighted by Crippen LogP contribution is -2.33. The van der Waals surface area contributed by atoms with Crippen LogP contribution in [0.2, 0.25) is 0 Å². The first kappa shape index (κ1) is 12.7. The summed E-state index contributed by atoms with van der Waals surface area (Å²) in [4.78, 5) is 11.3. The van der Waals surface area contributed by atoms with Crippen LogP contribution in [0.5, 0.6) is 0 Å². The van der Waals surface area contributed by atoms with Crippen LogP contribution >= 0.6 is 0 Å². The minimum Gasteiger partial charge on any atom is -0.356 e. The van der Waals surface area contributed by atoms with E-state index < -0.39 is 0 Å². The fourth-order valence-corrected chi connectivity index (χ4v) is 3.12. The summed E-state index contributed by atoms with van der Waals surface area (Å²) >= 11 is 0. The molecule has 0 N–H and O–H groups in total. The second-order valence-electron chi connectivity index (χ2n) is 6.01. The third-order valence-electron chi connectivity index (χ3n) is 4.57. The van der Waals surface area contributed by atoms with E-state index in [-0.39, 0.29) is 0 Å². The number of piperidine rings is 1. The van der Waals surface area contributed by atoms with E-state index in [1.54, 1.807) is 12.5 Å². The topological polar surface area (TPSA) is 54.8 Å². The number of nitrogens with zero attached hydrogens (tertiary/aromatic N) is 5. The van der Waals surface area contributed by atoms with Crippen LogP contribution in [-0.4, -0.2) is 33.3 Å². The summed E-state index contributed by atoms with van der Waals surface area (Å²) in [5, 5.41) is 7.85. The molecule has 2 aliphatic rings. The third kappa shape index (κ3) is 2.73. The number of hydrogen-bond donors (Lipinski definition) is 0. The molecule has 4 rings (SSSR count). The van der Waals surface area contributed by atoms with Gasteiger partial charge in [-0.2, -0.15) is 10.2 Å². The van der Waals surface area contributed by atoms with Gasteiger partial charge in [-0.3, -0.25) is 0 Å². The van der Waals surface area contributed by atoms with Crippen molar-refractivity contribution in [2.45, 2.75) is 37.5 Å². The second-order valence-corrected chi connectivity index (χ2v) is 6.01. The molecule has 5 heteroatoms. The maximum absolute atomic E-state index is 4.46. The van der Waals surface area contributed by atoms with Crippen molar-refractivity contribution < 1.29 is 0 Å². The van der Waals surface area contributed by atoms with Crippen LogP contribution in [0.15, 0.2) is 30.9 Å². The molecule has 0 bridgehead atoms. The highest BCUT2D eigenvalue weighted by Gasteiger charge is 2.27. The maximum atomic E-state index is 4.46. The Balaban J connectivity index is 1.44. The van der Waals surface area contributed by atoms with Gasteiger partial charge in [-0.1, -0.05) is 0 Å². The van der Waals surface area contributed by atoms with Gasteiger partial charge in [0, 0.05) is 37.0 Å². The zero-order valence-corrected chi connectivity index (χ0v) is 12.0. The Bertz CT molecular complexity index is 603. The van der Waals surface area contributed by atoms with Crippen molar-refractivity contribution >= 4 is 5.82 Å². The minimum absolute atomic E-state index is 0.599. The normalized spacial score (nSPS) is 19.7. The molecule has 3 heterocycles. The molecule has 2 fully saturated rings. The molecule has 0 radical (unpaired) electrons. The lowest BCUT2D eigenvalue weighted by atomic mass is 9.91. The Labute approximate surface area is 124 Å². The number of anilines is 1. The molecule has 0 unspecified atom stereocenters. The van der Waals surface area contributed by atoms with Crippen LogP contribution in [0, 0.1) is 0 Å². The van der Waals surface area contributed by atoms with Crippen LogP contribution in [0.25, 0.3) is 0 Å². The van der Waals surface area contributed by atoms with Gasteiger partial charge >= 0.3 is 0 Å². The summed E-state index contributed by atoms with van der Waals surface area (Å²) in [5.74, 6) is 2.38. The molecule has 108 valence electrons. The van der Waals surface area contributed by atoms with Crippen molar-refractivity contribution in [3.8, 4) is 0 Å². The summed E-state index contributed by atoms with van der Waals surface area (Å²) in [6, 6.07) is 4.27. The van der Waals surface area contributed by atoms with Crippen molar-refractivity contribution in [3.63, 3.8) is 0 Å². The van der Waals surface area contributed by atoms with E-state index in [2.05, 4.69) is 37.2 Å². The van der Waals surface area contributed by atoms with Crippen LogP contribution in [0.1, 0.15) is 48.8 Å². The molecule has 1 aliphatic carbocycles. The predicted molar refractivity (Wildman–Crippen MR) is 80.2 cm³/mol. The Morgan fingerprint density at radius 2 is 1.81 bits per heavy atom. The van der Waals surface area contributed by atoms with Gasteiger partial charge in [0.05, 0.1) is 6.20 Å². The van der Waals surface area contributed by atoms with E-state index in [9.17, 15) is 0 Å². The van der Waals surface area contributed by atoms with E-state index in [4.69, 9.17) is 0 Å². The van der Waals surface area contributed by atoms with Crippen molar-refractivity contribution in [1.82, 2.24) is 20.2 Å². The van der Waals surface area contributed by atoms with Crippen LogP contribution in [0.4, 0.5) is 5.82 Å². The zero-order chi connectivity index (χ0) is 14.1. The number of rotatable bonds is 3. The van der Waals surface area contributed by atoms with Gasteiger partial charge in [-0.05, 0) is 43.2 Å². The molecule has 1 aliphatic heterocycles. The highest BCUT2D eigenvalue weighted by molar-refractivity contribution is 5.41. The fourth-order valence-electron chi connectivity index (χ4n) is 3.12. The molecule has 0 atom stereocenters. The first-order valence-electron chi connectivity index (χ1n) is 7.73. The Morgan fingerprint density at radius 1 is 0.952 bits per heavy atom. The summed E-state index contributed by atoms with van der Waals surface area (Å²) in [5.41, 5.74) is 2.53. The van der Waals surface area contributed by atoms with Gasteiger partial charge < -0.3 is 4.90 Å². The van der Waals surface area contributed by atoms with Crippen molar-refractivity contribution in [2.24, 2.45) is 0 Å². The average molecular weight is 281 g/mol. The van der Waals surface area contributed by atoms with Crippen LogP contribution in [-0.2, 0) is 0 Å². The van der Waals surface area contributed by atoms with Crippen molar-refractivity contribution in [1.29, 1.82) is 0 Å². The molecule has 5 nitrogen and oxygen atoms in total. The molecule has 2 aromatic heterocycles. The van der Waals surface area contributed by atoms with Gasteiger partial charge in [0.25, 0.3) is 0 Å². The first-order valence-corrected chi connectivity index (χ1v) is 7.73. The number of aromatic nitrogens is 4. The monoisotopic (exact) mass is 281 g/mol. The summed E-state index contributed by atoms with van der Waals surface area (Å²) in [6.45, 7) is 2.10. The van der Waals surface area contributed by atoms with E-state index in [0.717, 1.165) is 31.7 Å². The van der Waals surface area contributed by atoms with Gasteiger partial charge in [0.2, 0.25) is 0 Å². The number of hydrogen-bond acceptors (Lipinski definition) is 5. The summed E-state index contributed by atoms with van der Waals surface area (Å²) < 4.78 is 0. The zero-order valence-electron chi connectivity index (χ0n) is 12.0. The van der Waals surface area contributed by atoms with Gasteiger partial charge in [-0.15, -0.1) is 0 Å². The molecule has 0 spiro atoms. The van der Waals surface area contributed by atoms with Crippen LogP contribution < -0.4 is 4.90 Å². The highest BCUT2D eigenvalue weighted by Crippen LogP contribution is 2.39. The Morgan fingerprint density at radius 3 is 2.52 bits per heavy atom. The molecule has 1 saturated carbocycles. The van der Waals surface area contributed by atoms with Crippen molar-refractivity contribution in [3.05, 3.63) is 42.1 Å². The van der Waals surface area contributed by atoms with Crippen molar-refractivity contribution in [2.75, 3.05) is 18.0 Å². The SMILES string of the molecule is c1cc(C2CCN(c3cc(C4CC4)ncn3)CC2)cnn1. The fraction of sp³-hybridized carbons (Fsp3) is 0.500. The van der Waals surface area contributed by atoms with E-state index in [1.165, 1.54) is 24.1 Å². The molecular weight excluding hydrogens is 262 g/mol. The van der Waals surface area contributed by atoms with Gasteiger partial charge in [0.15, 0.2) is 0 Å². The standard InChI is InChI=1S/C16H19N5/c1-2-13(1)15-9-16(18-11-17-15)21-7-4-12(5-8-21)14-3-6-19-20-10-14/h3,6,9-13H,1-2,4-5,7-8H2. The van der Waals surface area contributed by atoms with E-state index >= 15 is 0 Å². The molecular formula is C16H19N5. The van der Waals surface area contributed by atoms with Gasteiger partial charge in [0.1, 0.15) is 12.1 Å². The molecule has 2 aromatic rings. The van der Waals surface area contributed by atoms with E-state index in [0.29, 0.717) is 11.8 Å².